The van der Waals surface area contributed by atoms with Crippen molar-refractivity contribution in [3.8, 4) is 0 Å². The summed E-state index contributed by atoms with van der Waals surface area (Å²) < 4.78 is 0. The van der Waals surface area contributed by atoms with E-state index in [0.717, 1.165) is 25.4 Å². The highest BCUT2D eigenvalue weighted by molar-refractivity contribution is 4.88. The van der Waals surface area contributed by atoms with Crippen LogP contribution in [-0.2, 0) is 0 Å². The molecule has 21 heavy (non-hydrogen) atoms. The summed E-state index contributed by atoms with van der Waals surface area (Å²) in [4.78, 5) is 2.56. The Morgan fingerprint density at radius 3 is 2.29 bits per heavy atom. The van der Waals surface area contributed by atoms with E-state index >= 15 is 0 Å². The molecule has 124 valence electrons. The van der Waals surface area contributed by atoms with Crippen molar-refractivity contribution in [1.29, 1.82) is 0 Å². The monoisotopic (exact) mass is 296 g/mol. The van der Waals surface area contributed by atoms with Crippen molar-refractivity contribution in [1.82, 2.24) is 10.2 Å². The number of nitrogens with zero attached hydrogens (tertiary/aromatic N) is 1. The molecule has 0 aromatic heterocycles. The van der Waals surface area contributed by atoms with Gasteiger partial charge in [-0.2, -0.15) is 0 Å². The molecule has 3 nitrogen and oxygen atoms in total. The molecule has 3 atom stereocenters. The largest absolute Gasteiger partial charge is 0.391 e. The first-order valence-corrected chi connectivity index (χ1v) is 9.24. The highest BCUT2D eigenvalue weighted by Crippen LogP contribution is 2.26. The van der Waals surface area contributed by atoms with E-state index in [1.807, 2.05) is 0 Å². The van der Waals surface area contributed by atoms with Crippen molar-refractivity contribution < 1.29 is 5.11 Å². The second kappa shape index (κ2) is 8.50. The highest BCUT2D eigenvalue weighted by atomic mass is 16.3. The van der Waals surface area contributed by atoms with Gasteiger partial charge in [0.25, 0.3) is 0 Å². The van der Waals surface area contributed by atoms with Gasteiger partial charge < -0.3 is 10.4 Å². The molecule has 0 aromatic rings. The lowest BCUT2D eigenvalue weighted by Gasteiger charge is -2.42. The lowest BCUT2D eigenvalue weighted by atomic mass is 9.89. The first-order chi connectivity index (χ1) is 10.1. The SMILES string of the molecule is CC(C)CCC(C)NC1CCN(C2CCCCC2O)CC1. The fraction of sp³-hybridized carbons (Fsp3) is 1.00. The fourth-order valence-electron chi connectivity index (χ4n) is 3.98. The predicted octanol–water partition coefficient (Wildman–Crippen LogP) is 3.17. The van der Waals surface area contributed by atoms with Crippen LogP contribution in [0.3, 0.4) is 0 Å². The number of aliphatic hydroxyl groups excluding tert-OH is 1. The van der Waals surface area contributed by atoms with E-state index in [-0.39, 0.29) is 6.10 Å². The van der Waals surface area contributed by atoms with Crippen LogP contribution in [0.25, 0.3) is 0 Å². The molecule has 0 spiro atoms. The molecule has 1 aliphatic carbocycles. The van der Waals surface area contributed by atoms with Crippen LogP contribution in [0, 0.1) is 5.92 Å². The second-order valence-corrected chi connectivity index (χ2v) is 7.77. The summed E-state index contributed by atoms with van der Waals surface area (Å²) in [5, 5.41) is 14.0. The zero-order chi connectivity index (χ0) is 15.2. The molecule has 2 fully saturated rings. The van der Waals surface area contributed by atoms with E-state index < -0.39 is 0 Å². The van der Waals surface area contributed by atoms with Crippen LogP contribution in [0.2, 0.25) is 0 Å². The minimum absolute atomic E-state index is 0.0757. The van der Waals surface area contributed by atoms with Crippen molar-refractivity contribution in [3.05, 3.63) is 0 Å². The fourth-order valence-corrected chi connectivity index (χ4v) is 3.98. The summed E-state index contributed by atoms with van der Waals surface area (Å²) in [7, 11) is 0. The van der Waals surface area contributed by atoms with Crippen molar-refractivity contribution in [3.63, 3.8) is 0 Å². The number of hydrogen-bond donors (Lipinski definition) is 2. The summed E-state index contributed by atoms with van der Waals surface area (Å²) in [6, 6.07) is 1.77. The Morgan fingerprint density at radius 2 is 1.67 bits per heavy atom. The lowest BCUT2D eigenvalue weighted by molar-refractivity contribution is 0.00664. The van der Waals surface area contributed by atoms with Gasteiger partial charge >= 0.3 is 0 Å². The average molecular weight is 296 g/mol. The third kappa shape index (κ3) is 5.54. The zero-order valence-corrected chi connectivity index (χ0v) is 14.4. The Hall–Kier alpha value is -0.120. The lowest BCUT2D eigenvalue weighted by Crippen LogP contribution is -2.52. The minimum Gasteiger partial charge on any atom is -0.391 e. The summed E-state index contributed by atoms with van der Waals surface area (Å²) >= 11 is 0. The average Bonchev–Trinajstić information content (AvgIpc) is 2.47. The maximum absolute atomic E-state index is 10.2. The molecule has 2 aliphatic rings. The van der Waals surface area contributed by atoms with Crippen LogP contribution in [0.15, 0.2) is 0 Å². The van der Waals surface area contributed by atoms with Crippen LogP contribution in [-0.4, -0.2) is 47.3 Å². The molecule has 1 aliphatic heterocycles. The third-order valence-corrected chi connectivity index (χ3v) is 5.39. The van der Waals surface area contributed by atoms with E-state index in [4.69, 9.17) is 0 Å². The van der Waals surface area contributed by atoms with Gasteiger partial charge in [-0.05, 0) is 51.4 Å². The first kappa shape index (κ1) is 17.2. The molecule has 0 radical (unpaired) electrons. The van der Waals surface area contributed by atoms with E-state index in [1.165, 1.54) is 44.9 Å². The molecule has 1 saturated heterocycles. The topological polar surface area (TPSA) is 35.5 Å². The van der Waals surface area contributed by atoms with Gasteiger partial charge in [0.2, 0.25) is 0 Å². The first-order valence-electron chi connectivity index (χ1n) is 9.24. The van der Waals surface area contributed by atoms with Crippen LogP contribution < -0.4 is 5.32 Å². The summed E-state index contributed by atoms with van der Waals surface area (Å²) in [6.45, 7) is 9.27. The Balaban J connectivity index is 1.68. The Labute approximate surface area is 131 Å². The number of piperidine rings is 1. The van der Waals surface area contributed by atoms with Gasteiger partial charge in [0.15, 0.2) is 0 Å². The van der Waals surface area contributed by atoms with Crippen molar-refractivity contribution in [2.45, 2.75) is 96.4 Å². The number of hydrogen-bond acceptors (Lipinski definition) is 3. The number of aliphatic hydroxyl groups is 1. The van der Waals surface area contributed by atoms with E-state index in [1.54, 1.807) is 0 Å². The molecule has 1 heterocycles. The minimum atomic E-state index is -0.0757. The summed E-state index contributed by atoms with van der Waals surface area (Å²) in [5.41, 5.74) is 0. The molecular formula is C18H36N2O. The second-order valence-electron chi connectivity index (χ2n) is 7.77. The maximum atomic E-state index is 10.2. The van der Waals surface area contributed by atoms with Gasteiger partial charge in [-0.3, -0.25) is 4.90 Å². The van der Waals surface area contributed by atoms with Crippen molar-refractivity contribution in [2.24, 2.45) is 5.92 Å². The van der Waals surface area contributed by atoms with Gasteiger partial charge in [-0.1, -0.05) is 26.7 Å². The smallest absolute Gasteiger partial charge is 0.0695 e. The molecule has 2 rings (SSSR count). The normalized spacial score (nSPS) is 30.7. The van der Waals surface area contributed by atoms with Gasteiger partial charge in [0.05, 0.1) is 6.10 Å². The quantitative estimate of drug-likeness (QED) is 0.790. The van der Waals surface area contributed by atoms with Crippen LogP contribution >= 0.6 is 0 Å². The Bertz CT molecular complexity index is 287. The van der Waals surface area contributed by atoms with Gasteiger partial charge in [-0.15, -0.1) is 0 Å². The predicted molar refractivity (Wildman–Crippen MR) is 89.5 cm³/mol. The Kier molecular flexibility index (Phi) is 6.97. The molecular weight excluding hydrogens is 260 g/mol. The molecule has 0 amide bonds. The maximum Gasteiger partial charge on any atom is 0.0695 e. The molecule has 0 aromatic carbocycles. The number of rotatable bonds is 6. The van der Waals surface area contributed by atoms with Crippen LogP contribution in [0.5, 0.6) is 0 Å². The number of nitrogens with one attached hydrogen (secondary N) is 1. The highest BCUT2D eigenvalue weighted by Gasteiger charge is 2.31. The van der Waals surface area contributed by atoms with Crippen molar-refractivity contribution in [2.75, 3.05) is 13.1 Å². The van der Waals surface area contributed by atoms with Crippen LogP contribution in [0.1, 0.15) is 72.1 Å². The molecule has 1 saturated carbocycles. The molecule has 0 bridgehead atoms. The van der Waals surface area contributed by atoms with Crippen molar-refractivity contribution >= 4 is 0 Å². The van der Waals surface area contributed by atoms with E-state index in [9.17, 15) is 5.11 Å². The summed E-state index contributed by atoms with van der Waals surface area (Å²) in [5.74, 6) is 0.809. The van der Waals surface area contributed by atoms with Gasteiger partial charge in [-0.25, -0.2) is 0 Å². The van der Waals surface area contributed by atoms with E-state index in [2.05, 4.69) is 31.0 Å². The van der Waals surface area contributed by atoms with Gasteiger partial charge in [0.1, 0.15) is 0 Å². The van der Waals surface area contributed by atoms with E-state index in [0.29, 0.717) is 18.1 Å². The number of likely N-dealkylation sites (tertiary alicyclic amines) is 1. The molecule has 3 heteroatoms. The standard InChI is InChI=1S/C18H36N2O/c1-14(2)8-9-15(3)19-16-10-12-20(13-11-16)17-6-4-5-7-18(17)21/h14-19,21H,4-13H2,1-3H3. The van der Waals surface area contributed by atoms with Gasteiger partial charge in [0, 0.05) is 31.2 Å². The zero-order valence-electron chi connectivity index (χ0n) is 14.4. The third-order valence-electron chi connectivity index (χ3n) is 5.39. The molecule has 3 unspecified atom stereocenters. The molecule has 2 N–H and O–H groups in total. The van der Waals surface area contributed by atoms with Crippen LogP contribution in [0.4, 0.5) is 0 Å². The Morgan fingerprint density at radius 1 is 1.00 bits per heavy atom. The summed E-state index contributed by atoms with van der Waals surface area (Å²) in [6.07, 6.45) is 9.74.